The molecule has 0 amide bonds. The van der Waals surface area contributed by atoms with Gasteiger partial charge >= 0.3 is 0 Å². The molecule has 1 atom stereocenters. The van der Waals surface area contributed by atoms with E-state index >= 15 is 0 Å². The molecule has 0 saturated carbocycles. The largest absolute Gasteiger partial charge is 0.357 e. The van der Waals surface area contributed by atoms with Crippen molar-refractivity contribution in [3.63, 3.8) is 0 Å². The van der Waals surface area contributed by atoms with E-state index in [9.17, 15) is 0 Å². The van der Waals surface area contributed by atoms with Crippen LogP contribution in [0.4, 0.5) is 0 Å². The van der Waals surface area contributed by atoms with E-state index < -0.39 is 0 Å². The number of thiazole rings is 1. The lowest BCUT2D eigenvalue weighted by atomic mass is 10.1. The molecule has 0 aliphatic carbocycles. The van der Waals surface area contributed by atoms with Gasteiger partial charge in [-0.25, -0.2) is 9.98 Å². The topological polar surface area (TPSA) is 43.8 Å². The van der Waals surface area contributed by atoms with Crippen molar-refractivity contribution in [1.82, 2.24) is 20.1 Å². The number of likely N-dealkylation sites (tertiary alicyclic amines) is 2. The Labute approximate surface area is 179 Å². The number of guanidine groups is 1. The molecular weight excluding hydrogens is 457 g/mol. The number of nitrogens with zero attached hydrogens (tertiary/aromatic N) is 4. The molecule has 3 heterocycles. The highest BCUT2D eigenvalue weighted by molar-refractivity contribution is 14.0. The van der Waals surface area contributed by atoms with Crippen molar-refractivity contribution in [2.24, 2.45) is 10.9 Å². The molecule has 2 saturated heterocycles. The summed E-state index contributed by atoms with van der Waals surface area (Å²) in [6, 6.07) is 0. The van der Waals surface area contributed by atoms with E-state index in [1.54, 1.807) is 11.3 Å². The van der Waals surface area contributed by atoms with Crippen molar-refractivity contribution in [3.8, 4) is 0 Å². The molecule has 1 N–H and O–H groups in total. The highest BCUT2D eigenvalue weighted by Crippen LogP contribution is 2.20. The van der Waals surface area contributed by atoms with E-state index in [4.69, 9.17) is 4.99 Å². The molecule has 2 aliphatic rings. The number of halogens is 1. The summed E-state index contributed by atoms with van der Waals surface area (Å²) in [7, 11) is 0. The number of piperidine rings is 1. The molecule has 0 radical (unpaired) electrons. The van der Waals surface area contributed by atoms with Crippen molar-refractivity contribution in [2.45, 2.75) is 52.5 Å². The first-order chi connectivity index (χ1) is 12.3. The Kier molecular flexibility index (Phi) is 9.63. The van der Waals surface area contributed by atoms with E-state index in [1.165, 1.54) is 50.3 Å². The first-order valence-corrected chi connectivity index (χ1v) is 10.8. The molecule has 26 heavy (non-hydrogen) atoms. The highest BCUT2D eigenvalue weighted by atomic mass is 127. The molecule has 5 nitrogen and oxygen atoms in total. The van der Waals surface area contributed by atoms with Crippen LogP contribution in [0.15, 0.2) is 10.4 Å². The average molecular weight is 491 g/mol. The predicted molar refractivity (Wildman–Crippen MR) is 122 cm³/mol. The lowest BCUT2D eigenvalue weighted by Crippen LogP contribution is -2.41. The monoisotopic (exact) mass is 491 g/mol. The lowest BCUT2D eigenvalue weighted by Gasteiger charge is -2.29. The summed E-state index contributed by atoms with van der Waals surface area (Å²) in [6.45, 7) is 12.0. The zero-order chi connectivity index (χ0) is 17.5. The second-order valence-electron chi connectivity index (χ2n) is 7.22. The van der Waals surface area contributed by atoms with Crippen LogP contribution in [0.2, 0.25) is 0 Å². The Bertz CT molecular complexity index is 556. The lowest BCUT2D eigenvalue weighted by molar-refractivity contribution is 0.198. The van der Waals surface area contributed by atoms with Crippen LogP contribution < -0.4 is 5.32 Å². The third-order valence-corrected chi connectivity index (χ3v) is 6.22. The number of rotatable bonds is 6. The van der Waals surface area contributed by atoms with Crippen LogP contribution in [0.1, 0.15) is 50.2 Å². The van der Waals surface area contributed by atoms with Crippen LogP contribution >= 0.6 is 35.3 Å². The summed E-state index contributed by atoms with van der Waals surface area (Å²) in [5, 5.41) is 6.83. The number of aromatic nitrogens is 1. The fraction of sp³-hybridized carbons (Fsp3) is 0.789. The maximum Gasteiger partial charge on any atom is 0.194 e. The van der Waals surface area contributed by atoms with Gasteiger partial charge in [0.1, 0.15) is 0 Å². The third-order valence-electron chi connectivity index (χ3n) is 5.18. The SMILES string of the molecule is CCNC(=NCc1csc(CC)n1)N1CCC(CN2CCCCC2)C1.I. The van der Waals surface area contributed by atoms with Crippen LogP contribution in [-0.4, -0.2) is 60.0 Å². The molecule has 3 rings (SSSR count). The van der Waals surface area contributed by atoms with Gasteiger partial charge in [0.25, 0.3) is 0 Å². The second-order valence-corrected chi connectivity index (χ2v) is 8.16. The minimum Gasteiger partial charge on any atom is -0.357 e. The zero-order valence-corrected chi connectivity index (χ0v) is 19.4. The summed E-state index contributed by atoms with van der Waals surface area (Å²) in [6.07, 6.45) is 6.49. The summed E-state index contributed by atoms with van der Waals surface area (Å²) >= 11 is 1.75. The number of aryl methyl sites for hydroxylation is 1. The fourth-order valence-corrected chi connectivity index (χ4v) is 4.58. The Hall–Kier alpha value is -0.410. The minimum absolute atomic E-state index is 0. The summed E-state index contributed by atoms with van der Waals surface area (Å²) in [5.74, 6) is 1.85. The highest BCUT2D eigenvalue weighted by Gasteiger charge is 2.26. The van der Waals surface area contributed by atoms with E-state index in [2.05, 4.69) is 39.3 Å². The molecule has 148 valence electrons. The molecule has 7 heteroatoms. The normalized spacial score (nSPS) is 21.7. The molecule has 0 aromatic carbocycles. The Morgan fingerprint density at radius 3 is 2.77 bits per heavy atom. The Morgan fingerprint density at radius 2 is 2.08 bits per heavy atom. The van der Waals surface area contributed by atoms with E-state index in [1.807, 2.05) is 0 Å². The van der Waals surface area contributed by atoms with Gasteiger partial charge in [-0.05, 0) is 51.6 Å². The van der Waals surface area contributed by atoms with Crippen LogP contribution in [0.25, 0.3) is 0 Å². The average Bonchev–Trinajstić information content (AvgIpc) is 3.29. The molecule has 1 unspecified atom stereocenters. The Balaban J connectivity index is 0.00000243. The standard InChI is InChI=1S/C19H33N5S.HI/c1-3-18-22-17(15-25-18)12-21-19(20-4-2)24-11-8-16(14-24)13-23-9-6-5-7-10-23;/h15-16H,3-14H2,1-2H3,(H,20,21);1H. The second kappa shape index (κ2) is 11.4. The van der Waals surface area contributed by atoms with Crippen molar-refractivity contribution in [3.05, 3.63) is 16.1 Å². The fourth-order valence-electron chi connectivity index (χ4n) is 3.85. The van der Waals surface area contributed by atoms with E-state index in [0.29, 0.717) is 6.54 Å². The predicted octanol–water partition coefficient (Wildman–Crippen LogP) is 3.60. The van der Waals surface area contributed by atoms with Crippen molar-refractivity contribution in [2.75, 3.05) is 39.3 Å². The maximum atomic E-state index is 4.86. The quantitative estimate of drug-likeness (QED) is 0.375. The van der Waals surface area contributed by atoms with Gasteiger partial charge in [0.05, 0.1) is 17.2 Å². The molecule has 0 bridgehead atoms. The van der Waals surface area contributed by atoms with Gasteiger partial charge < -0.3 is 15.1 Å². The summed E-state index contributed by atoms with van der Waals surface area (Å²) in [4.78, 5) is 14.6. The van der Waals surface area contributed by atoms with Crippen LogP contribution in [-0.2, 0) is 13.0 Å². The van der Waals surface area contributed by atoms with Crippen LogP contribution in [0.3, 0.4) is 0 Å². The van der Waals surface area contributed by atoms with Crippen LogP contribution in [0, 0.1) is 5.92 Å². The Morgan fingerprint density at radius 1 is 1.27 bits per heavy atom. The van der Waals surface area contributed by atoms with E-state index in [0.717, 1.165) is 43.6 Å². The van der Waals surface area contributed by atoms with Gasteiger partial charge in [0.2, 0.25) is 0 Å². The van der Waals surface area contributed by atoms with Gasteiger partial charge in [-0.3, -0.25) is 0 Å². The number of nitrogens with one attached hydrogen (secondary N) is 1. The molecule has 2 fully saturated rings. The van der Waals surface area contributed by atoms with Gasteiger partial charge in [0, 0.05) is 31.6 Å². The minimum atomic E-state index is 0. The van der Waals surface area contributed by atoms with Gasteiger partial charge in [-0.1, -0.05) is 13.3 Å². The van der Waals surface area contributed by atoms with Gasteiger partial charge in [-0.2, -0.15) is 0 Å². The molecular formula is C19H34IN5S. The zero-order valence-electron chi connectivity index (χ0n) is 16.2. The number of hydrogen-bond acceptors (Lipinski definition) is 4. The molecule has 1 aromatic rings. The van der Waals surface area contributed by atoms with Crippen molar-refractivity contribution < 1.29 is 0 Å². The first-order valence-electron chi connectivity index (χ1n) is 9.97. The number of hydrogen-bond donors (Lipinski definition) is 1. The molecule has 1 aromatic heterocycles. The van der Waals surface area contributed by atoms with Gasteiger partial charge in [-0.15, -0.1) is 35.3 Å². The van der Waals surface area contributed by atoms with Gasteiger partial charge in [0.15, 0.2) is 5.96 Å². The molecule has 2 aliphatic heterocycles. The smallest absolute Gasteiger partial charge is 0.194 e. The maximum absolute atomic E-state index is 4.86. The van der Waals surface area contributed by atoms with E-state index in [-0.39, 0.29) is 24.0 Å². The first kappa shape index (κ1) is 21.9. The third kappa shape index (κ3) is 6.34. The molecule has 0 spiro atoms. The summed E-state index contributed by atoms with van der Waals surface area (Å²) in [5.41, 5.74) is 1.10. The summed E-state index contributed by atoms with van der Waals surface area (Å²) < 4.78 is 0. The number of aliphatic imine (C=N–C) groups is 1. The van der Waals surface area contributed by atoms with Crippen LogP contribution in [0.5, 0.6) is 0 Å². The van der Waals surface area contributed by atoms with Crippen molar-refractivity contribution >= 4 is 41.3 Å². The van der Waals surface area contributed by atoms with Crippen molar-refractivity contribution in [1.29, 1.82) is 0 Å².